The van der Waals surface area contributed by atoms with E-state index >= 15 is 0 Å². The summed E-state index contributed by atoms with van der Waals surface area (Å²) in [7, 11) is 0. The lowest BCUT2D eigenvalue weighted by Crippen LogP contribution is -1.98. The third kappa shape index (κ3) is 2.17. The standard InChI is InChI=1S/C14H11FO2S/c15-11-1-2-13-10(6-11)7-14(17-13)12(16)5-9-3-4-18-8-9/h1-4,6-8,12,16H,5H2. The number of aliphatic hydroxyl groups excluding tert-OH is 1. The molecule has 1 aromatic carbocycles. The summed E-state index contributed by atoms with van der Waals surface area (Å²) in [6.45, 7) is 0. The van der Waals surface area contributed by atoms with Gasteiger partial charge in [-0.25, -0.2) is 4.39 Å². The molecule has 92 valence electrons. The number of hydrogen-bond acceptors (Lipinski definition) is 3. The summed E-state index contributed by atoms with van der Waals surface area (Å²) >= 11 is 1.59. The number of hydrogen-bond donors (Lipinski definition) is 1. The van der Waals surface area contributed by atoms with Crippen LogP contribution in [0.15, 0.2) is 45.5 Å². The van der Waals surface area contributed by atoms with Crippen molar-refractivity contribution in [3.05, 3.63) is 58.2 Å². The summed E-state index contributed by atoms with van der Waals surface area (Å²) in [4.78, 5) is 0. The van der Waals surface area contributed by atoms with Crippen LogP contribution in [0.3, 0.4) is 0 Å². The van der Waals surface area contributed by atoms with Crippen LogP contribution in [0.4, 0.5) is 4.39 Å². The lowest BCUT2D eigenvalue weighted by atomic mass is 10.1. The Morgan fingerprint density at radius 2 is 2.17 bits per heavy atom. The maximum Gasteiger partial charge on any atom is 0.134 e. The highest BCUT2D eigenvalue weighted by atomic mass is 32.1. The second kappa shape index (κ2) is 4.55. The van der Waals surface area contributed by atoms with Gasteiger partial charge in [0.25, 0.3) is 0 Å². The molecular formula is C14H11FO2S. The molecule has 0 amide bonds. The summed E-state index contributed by atoms with van der Waals surface area (Å²) in [5, 5.41) is 14.7. The third-order valence-corrected chi connectivity index (χ3v) is 3.57. The Balaban J connectivity index is 1.89. The first-order chi connectivity index (χ1) is 8.72. The van der Waals surface area contributed by atoms with Crippen molar-refractivity contribution in [1.82, 2.24) is 0 Å². The second-order valence-electron chi connectivity index (χ2n) is 4.18. The molecule has 0 aliphatic rings. The SMILES string of the molecule is OC(Cc1ccsc1)c1cc2cc(F)ccc2o1. The molecule has 0 aliphatic carbocycles. The van der Waals surface area contributed by atoms with E-state index in [4.69, 9.17) is 4.42 Å². The first-order valence-electron chi connectivity index (χ1n) is 5.60. The van der Waals surface area contributed by atoms with Gasteiger partial charge in [-0.2, -0.15) is 11.3 Å². The maximum atomic E-state index is 13.0. The van der Waals surface area contributed by atoms with Crippen molar-refractivity contribution in [3.8, 4) is 0 Å². The van der Waals surface area contributed by atoms with Crippen molar-refractivity contribution in [2.24, 2.45) is 0 Å². The van der Waals surface area contributed by atoms with E-state index < -0.39 is 6.10 Å². The highest BCUT2D eigenvalue weighted by Gasteiger charge is 2.14. The van der Waals surface area contributed by atoms with Crippen molar-refractivity contribution in [3.63, 3.8) is 0 Å². The van der Waals surface area contributed by atoms with Crippen LogP contribution in [0.25, 0.3) is 11.0 Å². The van der Waals surface area contributed by atoms with Crippen molar-refractivity contribution in [1.29, 1.82) is 0 Å². The monoisotopic (exact) mass is 262 g/mol. The molecule has 0 radical (unpaired) electrons. The lowest BCUT2D eigenvalue weighted by molar-refractivity contribution is 0.153. The van der Waals surface area contributed by atoms with Crippen LogP contribution in [0, 0.1) is 5.82 Å². The Bertz CT molecular complexity index is 658. The molecule has 2 nitrogen and oxygen atoms in total. The minimum Gasteiger partial charge on any atom is -0.458 e. The normalized spacial score (nSPS) is 13.0. The third-order valence-electron chi connectivity index (χ3n) is 2.83. The van der Waals surface area contributed by atoms with E-state index in [1.165, 1.54) is 12.1 Å². The summed E-state index contributed by atoms with van der Waals surface area (Å²) < 4.78 is 18.6. The van der Waals surface area contributed by atoms with Crippen molar-refractivity contribution in [2.45, 2.75) is 12.5 Å². The maximum absolute atomic E-state index is 13.0. The topological polar surface area (TPSA) is 33.4 Å². The van der Waals surface area contributed by atoms with E-state index in [0.29, 0.717) is 23.2 Å². The smallest absolute Gasteiger partial charge is 0.134 e. The molecule has 3 rings (SSSR count). The molecule has 0 saturated carbocycles. The molecule has 4 heteroatoms. The van der Waals surface area contributed by atoms with Crippen LogP contribution in [0.1, 0.15) is 17.4 Å². The molecule has 2 heterocycles. The average molecular weight is 262 g/mol. The molecule has 0 fully saturated rings. The van der Waals surface area contributed by atoms with Gasteiger partial charge in [-0.15, -0.1) is 0 Å². The van der Waals surface area contributed by atoms with Gasteiger partial charge in [-0.1, -0.05) is 0 Å². The fourth-order valence-electron chi connectivity index (χ4n) is 1.93. The molecular weight excluding hydrogens is 251 g/mol. The number of halogens is 1. The first kappa shape index (κ1) is 11.4. The number of thiophene rings is 1. The van der Waals surface area contributed by atoms with E-state index in [9.17, 15) is 9.50 Å². The van der Waals surface area contributed by atoms with Gasteiger partial charge in [0, 0.05) is 11.8 Å². The van der Waals surface area contributed by atoms with Crippen LogP contribution in [0.5, 0.6) is 0 Å². The van der Waals surface area contributed by atoms with Crippen molar-refractivity contribution < 1.29 is 13.9 Å². The Morgan fingerprint density at radius 3 is 2.94 bits per heavy atom. The van der Waals surface area contributed by atoms with Crippen LogP contribution >= 0.6 is 11.3 Å². The minimum atomic E-state index is -0.699. The van der Waals surface area contributed by atoms with Gasteiger partial charge in [0.15, 0.2) is 0 Å². The Morgan fingerprint density at radius 1 is 1.28 bits per heavy atom. The molecule has 18 heavy (non-hydrogen) atoms. The van der Waals surface area contributed by atoms with Gasteiger partial charge < -0.3 is 9.52 Å². The Labute approximate surface area is 107 Å². The molecule has 0 aliphatic heterocycles. The molecule has 2 aromatic heterocycles. The zero-order valence-electron chi connectivity index (χ0n) is 9.47. The molecule has 0 spiro atoms. The summed E-state index contributed by atoms with van der Waals surface area (Å²) in [5.74, 6) is 0.170. The van der Waals surface area contributed by atoms with E-state index in [1.807, 2.05) is 16.8 Å². The van der Waals surface area contributed by atoms with E-state index in [-0.39, 0.29) is 5.82 Å². The molecule has 1 unspecified atom stereocenters. The van der Waals surface area contributed by atoms with Crippen LogP contribution in [0.2, 0.25) is 0 Å². The predicted octanol–water partition coefficient (Wildman–Crippen LogP) is 3.91. The van der Waals surface area contributed by atoms with E-state index in [1.54, 1.807) is 23.5 Å². The molecule has 0 saturated heterocycles. The zero-order chi connectivity index (χ0) is 12.5. The van der Waals surface area contributed by atoms with Gasteiger partial charge in [0.05, 0.1) is 0 Å². The number of aliphatic hydroxyl groups is 1. The second-order valence-corrected chi connectivity index (χ2v) is 4.96. The van der Waals surface area contributed by atoms with Gasteiger partial charge in [-0.3, -0.25) is 0 Å². The number of rotatable bonds is 3. The summed E-state index contributed by atoms with van der Waals surface area (Å²) in [5.41, 5.74) is 1.66. The molecule has 3 aromatic rings. The van der Waals surface area contributed by atoms with Gasteiger partial charge >= 0.3 is 0 Å². The molecule has 1 N–H and O–H groups in total. The Kier molecular flexibility index (Phi) is 2.89. The number of fused-ring (bicyclic) bond motifs is 1. The van der Waals surface area contributed by atoms with E-state index in [0.717, 1.165) is 5.56 Å². The average Bonchev–Trinajstić information content (AvgIpc) is 2.96. The van der Waals surface area contributed by atoms with Crippen molar-refractivity contribution >= 4 is 22.3 Å². The fourth-order valence-corrected chi connectivity index (χ4v) is 2.61. The van der Waals surface area contributed by atoms with Gasteiger partial charge in [0.2, 0.25) is 0 Å². The van der Waals surface area contributed by atoms with Crippen LogP contribution in [-0.2, 0) is 6.42 Å². The first-order valence-corrected chi connectivity index (χ1v) is 6.55. The summed E-state index contributed by atoms with van der Waals surface area (Å²) in [6.07, 6.45) is -0.193. The zero-order valence-corrected chi connectivity index (χ0v) is 10.3. The Hall–Kier alpha value is -1.65. The molecule has 0 bridgehead atoms. The number of furan rings is 1. The van der Waals surface area contributed by atoms with Crippen molar-refractivity contribution in [2.75, 3.05) is 0 Å². The quantitative estimate of drug-likeness (QED) is 0.776. The lowest BCUT2D eigenvalue weighted by Gasteiger charge is -2.05. The highest BCUT2D eigenvalue weighted by molar-refractivity contribution is 7.07. The van der Waals surface area contributed by atoms with Gasteiger partial charge in [0.1, 0.15) is 23.3 Å². The minimum absolute atomic E-state index is 0.304. The largest absolute Gasteiger partial charge is 0.458 e. The fraction of sp³-hybridized carbons (Fsp3) is 0.143. The molecule has 1 atom stereocenters. The number of benzene rings is 1. The van der Waals surface area contributed by atoms with E-state index in [2.05, 4.69) is 0 Å². The highest BCUT2D eigenvalue weighted by Crippen LogP contribution is 2.27. The van der Waals surface area contributed by atoms with Gasteiger partial charge in [-0.05, 0) is 46.7 Å². The summed E-state index contributed by atoms with van der Waals surface area (Å²) in [6, 6.07) is 7.98. The predicted molar refractivity (Wildman–Crippen MR) is 69.2 cm³/mol. The van der Waals surface area contributed by atoms with Crippen LogP contribution in [-0.4, -0.2) is 5.11 Å². The van der Waals surface area contributed by atoms with Crippen LogP contribution < -0.4 is 0 Å².